The van der Waals surface area contributed by atoms with Gasteiger partial charge in [-0.05, 0) is 6.42 Å². The van der Waals surface area contributed by atoms with Crippen molar-refractivity contribution in [3.05, 3.63) is 9.52 Å². The van der Waals surface area contributed by atoms with Crippen LogP contribution in [0.2, 0.25) is 0 Å². The lowest BCUT2D eigenvalue weighted by Gasteiger charge is -2.09. The van der Waals surface area contributed by atoms with Crippen molar-refractivity contribution in [3.63, 3.8) is 0 Å². The van der Waals surface area contributed by atoms with E-state index in [4.69, 9.17) is 45.0 Å². The standard InChI is InChI=1S/C6H9Cl3O.C3H6O2/c1-2-4(3-10)5(7)6(8)9;1-2-3(4)5/h4,10H,2-3H2,1H3;2H2,1H3,(H,4,5). The fraction of sp³-hybridized carbons (Fsp3) is 0.667. The van der Waals surface area contributed by atoms with Gasteiger partial charge in [0.1, 0.15) is 4.49 Å². The van der Waals surface area contributed by atoms with Crippen LogP contribution in [0.15, 0.2) is 9.52 Å². The van der Waals surface area contributed by atoms with Crippen molar-refractivity contribution < 1.29 is 15.0 Å². The number of hydrogen-bond acceptors (Lipinski definition) is 2. The first-order valence-corrected chi connectivity index (χ1v) is 5.57. The molecule has 0 aliphatic carbocycles. The van der Waals surface area contributed by atoms with Gasteiger partial charge in [0.2, 0.25) is 0 Å². The van der Waals surface area contributed by atoms with Crippen molar-refractivity contribution in [1.82, 2.24) is 0 Å². The van der Waals surface area contributed by atoms with Crippen molar-refractivity contribution in [3.8, 4) is 0 Å². The van der Waals surface area contributed by atoms with Crippen LogP contribution in [0.4, 0.5) is 0 Å². The highest BCUT2D eigenvalue weighted by molar-refractivity contribution is 6.59. The molecule has 2 N–H and O–H groups in total. The summed E-state index contributed by atoms with van der Waals surface area (Å²) >= 11 is 16.4. The Labute approximate surface area is 105 Å². The Morgan fingerprint density at radius 1 is 1.27 bits per heavy atom. The largest absolute Gasteiger partial charge is 0.481 e. The SMILES string of the molecule is CCC(=O)O.CCC(CO)C(Cl)=C(Cl)Cl. The normalized spacial score (nSPS) is 11.1. The summed E-state index contributed by atoms with van der Waals surface area (Å²) < 4.78 is 0.0440. The lowest BCUT2D eigenvalue weighted by atomic mass is 10.1. The summed E-state index contributed by atoms with van der Waals surface area (Å²) in [5.41, 5.74) is 0. The second-order valence-electron chi connectivity index (χ2n) is 2.64. The van der Waals surface area contributed by atoms with Crippen molar-refractivity contribution >= 4 is 40.8 Å². The molecule has 1 unspecified atom stereocenters. The molecule has 0 aromatic heterocycles. The van der Waals surface area contributed by atoms with Crippen LogP contribution in [0.3, 0.4) is 0 Å². The summed E-state index contributed by atoms with van der Waals surface area (Å²) in [6.45, 7) is 3.49. The minimum absolute atomic E-state index is 0.0156. The number of carboxylic acid groups (broad SMARTS) is 1. The number of aliphatic hydroxyl groups excluding tert-OH is 1. The fourth-order valence-corrected chi connectivity index (χ4v) is 1.07. The Morgan fingerprint density at radius 2 is 1.67 bits per heavy atom. The highest BCUT2D eigenvalue weighted by Crippen LogP contribution is 2.26. The first-order chi connectivity index (χ1) is 6.90. The summed E-state index contributed by atoms with van der Waals surface area (Å²) in [5.74, 6) is -0.864. The molecule has 0 heterocycles. The zero-order valence-electron chi connectivity index (χ0n) is 8.64. The summed E-state index contributed by atoms with van der Waals surface area (Å²) in [4.78, 5) is 9.37. The monoisotopic (exact) mass is 276 g/mol. The minimum atomic E-state index is -0.745. The highest BCUT2D eigenvalue weighted by atomic mass is 35.5. The number of carboxylic acids is 1. The fourth-order valence-electron chi connectivity index (χ4n) is 0.543. The van der Waals surface area contributed by atoms with Crippen LogP contribution in [-0.2, 0) is 4.79 Å². The maximum atomic E-state index is 9.37. The molecule has 0 spiro atoms. The molecular formula is C9H15Cl3O3. The van der Waals surface area contributed by atoms with E-state index in [0.29, 0.717) is 5.03 Å². The molecule has 90 valence electrons. The Morgan fingerprint density at radius 3 is 1.73 bits per heavy atom. The van der Waals surface area contributed by atoms with Crippen LogP contribution in [0.25, 0.3) is 0 Å². The van der Waals surface area contributed by atoms with Gasteiger partial charge < -0.3 is 10.2 Å². The lowest BCUT2D eigenvalue weighted by molar-refractivity contribution is -0.136. The summed E-state index contributed by atoms with van der Waals surface area (Å²) in [6, 6.07) is 0. The Hall–Kier alpha value is 0.0400. The van der Waals surface area contributed by atoms with Gasteiger partial charge in [-0.2, -0.15) is 0 Å². The van der Waals surface area contributed by atoms with Gasteiger partial charge in [0, 0.05) is 12.3 Å². The summed E-state index contributed by atoms with van der Waals surface area (Å²) in [6.07, 6.45) is 0.957. The number of aliphatic carboxylic acids is 1. The molecule has 0 aliphatic rings. The molecule has 0 saturated heterocycles. The zero-order valence-corrected chi connectivity index (χ0v) is 10.9. The first-order valence-electron chi connectivity index (χ1n) is 4.43. The lowest BCUT2D eigenvalue weighted by Crippen LogP contribution is -2.04. The third-order valence-corrected chi connectivity index (χ3v) is 2.65. The molecule has 0 aromatic rings. The average molecular weight is 278 g/mol. The van der Waals surface area contributed by atoms with E-state index in [1.807, 2.05) is 6.92 Å². The molecule has 15 heavy (non-hydrogen) atoms. The van der Waals surface area contributed by atoms with Crippen LogP contribution in [-0.4, -0.2) is 22.8 Å². The number of rotatable bonds is 4. The smallest absolute Gasteiger partial charge is 0.303 e. The van der Waals surface area contributed by atoms with Crippen molar-refractivity contribution in [2.45, 2.75) is 26.7 Å². The van der Waals surface area contributed by atoms with Crippen LogP contribution in [0.1, 0.15) is 26.7 Å². The molecule has 0 radical (unpaired) electrons. The van der Waals surface area contributed by atoms with E-state index < -0.39 is 5.97 Å². The molecule has 0 amide bonds. The van der Waals surface area contributed by atoms with Gasteiger partial charge in [0.05, 0.1) is 11.6 Å². The van der Waals surface area contributed by atoms with E-state index in [-0.39, 0.29) is 23.4 Å². The van der Waals surface area contributed by atoms with Crippen LogP contribution in [0.5, 0.6) is 0 Å². The van der Waals surface area contributed by atoms with E-state index in [2.05, 4.69) is 0 Å². The van der Waals surface area contributed by atoms with E-state index in [1.165, 1.54) is 0 Å². The summed E-state index contributed by atoms with van der Waals surface area (Å²) in [5, 5.41) is 16.8. The molecule has 6 heteroatoms. The van der Waals surface area contributed by atoms with E-state index in [0.717, 1.165) is 6.42 Å². The van der Waals surface area contributed by atoms with Gasteiger partial charge in [-0.3, -0.25) is 4.79 Å². The number of halogens is 3. The van der Waals surface area contributed by atoms with Crippen molar-refractivity contribution in [2.24, 2.45) is 5.92 Å². The quantitative estimate of drug-likeness (QED) is 0.828. The Balaban J connectivity index is 0. The van der Waals surface area contributed by atoms with Crippen LogP contribution < -0.4 is 0 Å². The third kappa shape index (κ3) is 10.3. The summed E-state index contributed by atoms with van der Waals surface area (Å²) in [7, 11) is 0. The predicted molar refractivity (Wildman–Crippen MR) is 63.4 cm³/mol. The highest BCUT2D eigenvalue weighted by Gasteiger charge is 2.11. The van der Waals surface area contributed by atoms with E-state index in [9.17, 15) is 4.79 Å². The van der Waals surface area contributed by atoms with Gasteiger partial charge >= 0.3 is 5.97 Å². The maximum Gasteiger partial charge on any atom is 0.303 e. The molecule has 0 rings (SSSR count). The van der Waals surface area contributed by atoms with Gasteiger partial charge in [-0.25, -0.2) is 0 Å². The second-order valence-corrected chi connectivity index (χ2v) is 4.00. The van der Waals surface area contributed by atoms with E-state index >= 15 is 0 Å². The molecule has 0 fully saturated rings. The second kappa shape index (κ2) is 10.6. The van der Waals surface area contributed by atoms with Crippen LogP contribution in [0, 0.1) is 5.92 Å². The molecule has 1 atom stereocenters. The molecule has 3 nitrogen and oxygen atoms in total. The Bertz CT molecular complexity index is 209. The predicted octanol–water partition coefficient (Wildman–Crippen LogP) is 3.37. The molecule has 0 aliphatic heterocycles. The van der Waals surface area contributed by atoms with Crippen LogP contribution >= 0.6 is 34.8 Å². The number of carbonyl (C=O) groups is 1. The molecule has 0 saturated carbocycles. The zero-order chi connectivity index (χ0) is 12.4. The maximum absolute atomic E-state index is 9.37. The molecular weight excluding hydrogens is 262 g/mol. The number of aliphatic hydroxyl groups is 1. The third-order valence-electron chi connectivity index (χ3n) is 1.55. The van der Waals surface area contributed by atoms with Gasteiger partial charge in [-0.15, -0.1) is 0 Å². The Kier molecular flexibility index (Phi) is 12.3. The van der Waals surface area contributed by atoms with Gasteiger partial charge in [0.15, 0.2) is 0 Å². The van der Waals surface area contributed by atoms with Gasteiger partial charge in [-0.1, -0.05) is 48.7 Å². The first kappa shape index (κ1) is 17.4. The molecule has 0 bridgehead atoms. The molecule has 0 aromatic carbocycles. The number of hydrogen-bond donors (Lipinski definition) is 2. The topological polar surface area (TPSA) is 57.5 Å². The van der Waals surface area contributed by atoms with Crippen molar-refractivity contribution in [2.75, 3.05) is 6.61 Å². The van der Waals surface area contributed by atoms with Crippen molar-refractivity contribution in [1.29, 1.82) is 0 Å². The minimum Gasteiger partial charge on any atom is -0.481 e. The average Bonchev–Trinajstić information content (AvgIpc) is 2.20. The van der Waals surface area contributed by atoms with Gasteiger partial charge in [0.25, 0.3) is 0 Å². The van der Waals surface area contributed by atoms with E-state index in [1.54, 1.807) is 6.92 Å².